The Hall–Kier alpha value is -1.28. The largest absolute Gasteiger partial charge is 0.444 e. The Morgan fingerprint density at radius 3 is 2.59 bits per heavy atom. The fourth-order valence-electron chi connectivity index (χ4n) is 3.81. The summed E-state index contributed by atoms with van der Waals surface area (Å²) in [5.74, 6) is 1.05. The third kappa shape index (κ3) is 5.45. The maximum atomic E-state index is 13.1. The summed E-state index contributed by atoms with van der Waals surface area (Å²) < 4.78 is 18.2. The van der Waals surface area contributed by atoms with E-state index in [1.807, 2.05) is 64.6 Å². The summed E-state index contributed by atoms with van der Waals surface area (Å²) in [7, 11) is 2.11. The van der Waals surface area contributed by atoms with Crippen LogP contribution < -0.4 is 0 Å². The number of rotatable bonds is 5. The van der Waals surface area contributed by atoms with Crippen molar-refractivity contribution in [2.75, 3.05) is 26.0 Å². The third-order valence-electron chi connectivity index (χ3n) is 5.22. The molecule has 1 unspecified atom stereocenters. The van der Waals surface area contributed by atoms with Crippen molar-refractivity contribution >= 4 is 17.9 Å². The molecule has 2 heterocycles. The molecule has 6 nitrogen and oxygen atoms in total. The molecular formula is C22H34N2O4S. The minimum atomic E-state index is -0.747. The minimum absolute atomic E-state index is 0.158. The van der Waals surface area contributed by atoms with E-state index in [-0.39, 0.29) is 23.6 Å². The molecule has 1 aromatic carbocycles. The highest BCUT2D eigenvalue weighted by Gasteiger charge is 2.51. The van der Waals surface area contributed by atoms with Gasteiger partial charge in [-0.15, -0.1) is 11.8 Å². The zero-order valence-electron chi connectivity index (χ0n) is 18.4. The van der Waals surface area contributed by atoms with E-state index in [0.717, 1.165) is 17.9 Å². The highest BCUT2D eigenvalue weighted by atomic mass is 32.2. The smallest absolute Gasteiger partial charge is 0.412 e. The van der Waals surface area contributed by atoms with Gasteiger partial charge in [0.25, 0.3) is 0 Å². The molecular weight excluding hydrogens is 388 g/mol. The van der Waals surface area contributed by atoms with Gasteiger partial charge in [-0.2, -0.15) is 0 Å². The van der Waals surface area contributed by atoms with Crippen molar-refractivity contribution in [2.24, 2.45) is 0 Å². The van der Waals surface area contributed by atoms with Crippen LogP contribution in [-0.2, 0) is 20.8 Å². The molecule has 7 heteroatoms. The Labute approximate surface area is 178 Å². The Morgan fingerprint density at radius 1 is 1.31 bits per heavy atom. The molecule has 0 aromatic heterocycles. The number of ether oxygens (including phenoxy) is 3. The second-order valence-electron chi connectivity index (χ2n) is 9.18. The van der Waals surface area contributed by atoms with Crippen LogP contribution in [0.3, 0.4) is 0 Å². The number of amides is 1. The SMILES string of the molecule is CN1CCSC1[C@@H](OCc1ccccc1)[C@@H]1COC(C)(C)N1C(=O)OC(C)(C)C. The van der Waals surface area contributed by atoms with Crippen LogP contribution in [-0.4, -0.2) is 70.7 Å². The summed E-state index contributed by atoms with van der Waals surface area (Å²) in [4.78, 5) is 17.2. The van der Waals surface area contributed by atoms with Crippen molar-refractivity contribution in [3.8, 4) is 0 Å². The number of nitrogens with zero attached hydrogens (tertiary/aromatic N) is 2. The third-order valence-corrected chi connectivity index (χ3v) is 6.61. The van der Waals surface area contributed by atoms with Gasteiger partial charge >= 0.3 is 6.09 Å². The minimum Gasteiger partial charge on any atom is -0.444 e. The van der Waals surface area contributed by atoms with Crippen molar-refractivity contribution in [3.05, 3.63) is 35.9 Å². The zero-order chi connectivity index (χ0) is 21.2. The van der Waals surface area contributed by atoms with E-state index in [0.29, 0.717) is 13.2 Å². The standard InChI is InChI=1S/C22H34N2O4S/c1-21(2,3)28-20(25)24-17(15-27-22(24,4)5)18(19-23(6)12-13-29-19)26-14-16-10-8-7-9-11-16/h7-11,17-19H,12-15H2,1-6H3/t17-,18-,19?/m0/s1. The molecule has 0 aliphatic carbocycles. The highest BCUT2D eigenvalue weighted by molar-refractivity contribution is 8.00. The van der Waals surface area contributed by atoms with E-state index in [1.54, 1.807) is 4.90 Å². The first kappa shape index (κ1) is 22.4. The number of benzene rings is 1. The van der Waals surface area contributed by atoms with E-state index < -0.39 is 11.3 Å². The molecule has 2 aliphatic heterocycles. The summed E-state index contributed by atoms with van der Waals surface area (Å²) in [6.45, 7) is 11.4. The van der Waals surface area contributed by atoms with Crippen LogP contribution in [0.5, 0.6) is 0 Å². The number of carbonyl (C=O) groups is 1. The Balaban J connectivity index is 1.85. The van der Waals surface area contributed by atoms with Gasteiger partial charge in [0.1, 0.15) is 17.4 Å². The maximum absolute atomic E-state index is 13.1. The van der Waals surface area contributed by atoms with Crippen molar-refractivity contribution in [2.45, 2.75) is 70.1 Å². The first-order valence-corrected chi connectivity index (χ1v) is 11.3. The van der Waals surface area contributed by atoms with Gasteiger partial charge < -0.3 is 14.2 Å². The van der Waals surface area contributed by atoms with Gasteiger partial charge in [-0.1, -0.05) is 30.3 Å². The molecule has 162 valence electrons. The fourth-order valence-corrected chi connectivity index (χ4v) is 5.25. The number of likely N-dealkylation sites (N-methyl/N-ethyl adjacent to an activating group) is 1. The van der Waals surface area contributed by atoms with E-state index in [4.69, 9.17) is 14.2 Å². The fraction of sp³-hybridized carbons (Fsp3) is 0.682. The van der Waals surface area contributed by atoms with Crippen LogP contribution in [0, 0.1) is 0 Å². The molecule has 2 fully saturated rings. The molecule has 0 spiro atoms. The zero-order valence-corrected chi connectivity index (χ0v) is 19.2. The molecule has 2 aliphatic rings. The lowest BCUT2D eigenvalue weighted by Crippen LogP contribution is -2.57. The molecule has 1 aromatic rings. The predicted molar refractivity (Wildman–Crippen MR) is 116 cm³/mol. The predicted octanol–water partition coefficient (Wildman–Crippen LogP) is 3.95. The van der Waals surface area contributed by atoms with Crippen LogP contribution in [0.1, 0.15) is 40.2 Å². The molecule has 29 heavy (non-hydrogen) atoms. The molecule has 3 rings (SSSR count). The molecule has 0 bridgehead atoms. The normalized spacial score (nSPS) is 25.9. The van der Waals surface area contributed by atoms with Crippen LogP contribution in [0.4, 0.5) is 4.79 Å². The van der Waals surface area contributed by atoms with Gasteiger partial charge in [-0.3, -0.25) is 9.80 Å². The average Bonchev–Trinajstić information content (AvgIpc) is 3.18. The average molecular weight is 423 g/mol. The quantitative estimate of drug-likeness (QED) is 0.716. The molecule has 0 saturated carbocycles. The number of thioether (sulfide) groups is 1. The van der Waals surface area contributed by atoms with Gasteiger partial charge in [0.2, 0.25) is 0 Å². The molecule has 2 saturated heterocycles. The van der Waals surface area contributed by atoms with Gasteiger partial charge in [-0.05, 0) is 47.2 Å². The van der Waals surface area contributed by atoms with E-state index in [9.17, 15) is 4.79 Å². The molecule has 3 atom stereocenters. The van der Waals surface area contributed by atoms with Crippen molar-refractivity contribution < 1.29 is 19.0 Å². The first-order valence-electron chi connectivity index (χ1n) is 10.2. The van der Waals surface area contributed by atoms with Crippen LogP contribution in [0.25, 0.3) is 0 Å². The lowest BCUT2D eigenvalue weighted by Gasteiger charge is -2.40. The summed E-state index contributed by atoms with van der Waals surface area (Å²) in [6, 6.07) is 9.92. The van der Waals surface area contributed by atoms with Gasteiger partial charge in [0, 0.05) is 12.3 Å². The van der Waals surface area contributed by atoms with E-state index >= 15 is 0 Å². The lowest BCUT2D eigenvalue weighted by atomic mass is 10.1. The van der Waals surface area contributed by atoms with Gasteiger partial charge in [0.15, 0.2) is 0 Å². The van der Waals surface area contributed by atoms with Crippen molar-refractivity contribution in [1.29, 1.82) is 0 Å². The first-order chi connectivity index (χ1) is 13.6. The molecule has 0 radical (unpaired) electrons. The number of hydrogen-bond acceptors (Lipinski definition) is 6. The number of hydrogen-bond donors (Lipinski definition) is 0. The van der Waals surface area contributed by atoms with Crippen molar-refractivity contribution in [1.82, 2.24) is 9.80 Å². The summed E-state index contributed by atoms with van der Waals surface area (Å²) in [6.07, 6.45) is -0.550. The summed E-state index contributed by atoms with van der Waals surface area (Å²) in [5.41, 5.74) is -0.201. The second kappa shape index (κ2) is 8.84. The molecule has 1 amide bonds. The van der Waals surface area contributed by atoms with E-state index in [1.165, 1.54) is 0 Å². The maximum Gasteiger partial charge on any atom is 0.412 e. The van der Waals surface area contributed by atoms with E-state index in [2.05, 4.69) is 24.1 Å². The van der Waals surface area contributed by atoms with Gasteiger partial charge in [-0.25, -0.2) is 4.79 Å². The monoisotopic (exact) mass is 422 g/mol. The Morgan fingerprint density at radius 2 is 2.00 bits per heavy atom. The Kier molecular flexibility index (Phi) is 6.83. The molecule has 0 N–H and O–H groups in total. The summed E-state index contributed by atoms with van der Waals surface area (Å²) >= 11 is 1.87. The second-order valence-corrected chi connectivity index (χ2v) is 10.4. The topological polar surface area (TPSA) is 51.2 Å². The van der Waals surface area contributed by atoms with Crippen LogP contribution >= 0.6 is 11.8 Å². The summed E-state index contributed by atoms with van der Waals surface area (Å²) in [5, 5.41) is 0.158. The van der Waals surface area contributed by atoms with Crippen molar-refractivity contribution in [3.63, 3.8) is 0 Å². The lowest BCUT2D eigenvalue weighted by molar-refractivity contribution is -0.0779. The Bertz CT molecular complexity index is 692. The van der Waals surface area contributed by atoms with Gasteiger partial charge in [0.05, 0.1) is 24.6 Å². The number of carbonyl (C=O) groups excluding carboxylic acids is 1. The highest BCUT2D eigenvalue weighted by Crippen LogP contribution is 2.37. The van der Waals surface area contributed by atoms with Crippen LogP contribution in [0.15, 0.2) is 30.3 Å². The van der Waals surface area contributed by atoms with Crippen LogP contribution in [0.2, 0.25) is 0 Å².